The zero-order valence-electron chi connectivity index (χ0n) is 22.3. The molecule has 4 rings (SSSR count). The van der Waals surface area contributed by atoms with Crippen LogP contribution >= 0.6 is 0 Å². The van der Waals surface area contributed by atoms with Gasteiger partial charge in [0.25, 0.3) is 0 Å². The third-order valence-corrected chi connectivity index (χ3v) is 6.30. The van der Waals surface area contributed by atoms with Crippen molar-refractivity contribution >= 4 is 12.2 Å². The molecule has 0 amide bonds. The summed E-state index contributed by atoms with van der Waals surface area (Å²) in [6, 6.07) is 5.33. The second kappa shape index (κ2) is 12.6. The molecular formula is C27H30F4N4O5. The van der Waals surface area contributed by atoms with Gasteiger partial charge in [0.15, 0.2) is 18.2 Å². The summed E-state index contributed by atoms with van der Waals surface area (Å²) in [6.07, 6.45) is -0.366. The van der Waals surface area contributed by atoms with Gasteiger partial charge in [-0.05, 0) is 57.4 Å². The van der Waals surface area contributed by atoms with Crippen LogP contribution in [0.3, 0.4) is 0 Å². The number of methoxy groups -OCH3 is 1. The normalized spacial score (nSPS) is 16.8. The Labute approximate surface area is 227 Å². The van der Waals surface area contributed by atoms with Gasteiger partial charge in [-0.15, -0.1) is 5.10 Å². The topological polar surface area (TPSA) is 89.6 Å². The van der Waals surface area contributed by atoms with Crippen LogP contribution in [0.5, 0.6) is 11.6 Å². The molecule has 1 aromatic carbocycles. The van der Waals surface area contributed by atoms with E-state index in [1.807, 2.05) is 0 Å². The first-order valence-electron chi connectivity index (χ1n) is 12.8. The van der Waals surface area contributed by atoms with Crippen molar-refractivity contribution < 1.29 is 36.5 Å². The van der Waals surface area contributed by atoms with Crippen LogP contribution in [-0.4, -0.2) is 51.6 Å². The van der Waals surface area contributed by atoms with Gasteiger partial charge in [0.2, 0.25) is 5.88 Å². The fraction of sp³-hybridized carbons (Fsp3) is 0.444. The Hall–Kier alpha value is -3.71. The van der Waals surface area contributed by atoms with Crippen LogP contribution in [0.25, 0.3) is 17.8 Å². The highest BCUT2D eigenvalue weighted by Crippen LogP contribution is 2.32. The van der Waals surface area contributed by atoms with Crippen LogP contribution in [0.4, 0.5) is 17.6 Å². The van der Waals surface area contributed by atoms with Gasteiger partial charge in [0.05, 0.1) is 7.11 Å². The molecule has 1 aliphatic heterocycles. The molecule has 0 N–H and O–H groups in total. The summed E-state index contributed by atoms with van der Waals surface area (Å²) in [5.41, 5.74) is -0.534. The predicted octanol–water partition coefficient (Wildman–Crippen LogP) is 5.14. The number of rotatable bonds is 10. The lowest BCUT2D eigenvalue weighted by Crippen LogP contribution is -2.31. The maximum Gasteiger partial charge on any atom is 0.425 e. The quantitative estimate of drug-likeness (QED) is 0.314. The number of nitrogens with zero attached hydrogens (tertiary/aromatic N) is 4. The number of hydrogen-bond donors (Lipinski definition) is 0. The van der Waals surface area contributed by atoms with E-state index >= 15 is 4.39 Å². The van der Waals surface area contributed by atoms with Crippen LogP contribution in [0, 0.1) is 5.82 Å². The largest absolute Gasteiger partial charge is 0.481 e. The summed E-state index contributed by atoms with van der Waals surface area (Å²) in [4.78, 5) is 17.2. The van der Waals surface area contributed by atoms with E-state index in [4.69, 9.17) is 18.9 Å². The number of ether oxygens (including phenoxy) is 4. The fourth-order valence-corrected chi connectivity index (χ4v) is 4.12. The molecule has 0 bridgehead atoms. The third-order valence-electron chi connectivity index (χ3n) is 6.30. The lowest BCUT2D eigenvalue weighted by atomic mass is 10.1. The Bertz CT molecular complexity index is 1400. The number of pyridine rings is 1. The molecule has 1 aliphatic rings. The van der Waals surface area contributed by atoms with Crippen molar-refractivity contribution in [1.29, 1.82) is 0 Å². The van der Waals surface area contributed by atoms with E-state index in [1.54, 1.807) is 19.1 Å². The molecule has 0 radical (unpaired) electrons. The molecule has 3 aromatic rings. The van der Waals surface area contributed by atoms with Gasteiger partial charge in [-0.25, -0.2) is 14.2 Å². The minimum absolute atomic E-state index is 0.00392. The van der Waals surface area contributed by atoms with Crippen LogP contribution in [0.2, 0.25) is 0 Å². The Kier molecular flexibility index (Phi) is 9.25. The zero-order chi connectivity index (χ0) is 28.9. The van der Waals surface area contributed by atoms with Gasteiger partial charge in [-0.3, -0.25) is 4.57 Å². The summed E-state index contributed by atoms with van der Waals surface area (Å²) in [5.74, 6) is -0.700. The van der Waals surface area contributed by atoms with Crippen molar-refractivity contribution in [2.24, 2.45) is 0 Å². The average molecular weight is 567 g/mol. The van der Waals surface area contributed by atoms with Crippen molar-refractivity contribution in [3.05, 3.63) is 63.7 Å². The maximum atomic E-state index is 15.5. The SMILES string of the molecule is CCn1c(COC2CCCCO2)nn(-c2cc(O[C@@H](C)C(F)(F)F)c(/C=C/c3cccnc3OC)cc2F)c1=O. The Morgan fingerprint density at radius 3 is 2.67 bits per heavy atom. The molecular weight excluding hydrogens is 536 g/mol. The molecule has 13 heteroatoms. The molecule has 9 nitrogen and oxygen atoms in total. The average Bonchev–Trinajstić information content (AvgIpc) is 3.26. The first-order valence-corrected chi connectivity index (χ1v) is 12.8. The highest BCUT2D eigenvalue weighted by molar-refractivity contribution is 5.75. The Balaban J connectivity index is 1.73. The molecule has 1 unspecified atom stereocenters. The molecule has 216 valence electrons. The van der Waals surface area contributed by atoms with Crippen LogP contribution in [0.1, 0.15) is 50.1 Å². The van der Waals surface area contributed by atoms with Crippen molar-refractivity contribution in [3.63, 3.8) is 0 Å². The number of benzene rings is 1. The monoisotopic (exact) mass is 566 g/mol. The Morgan fingerprint density at radius 1 is 1.23 bits per heavy atom. The second-order valence-corrected chi connectivity index (χ2v) is 9.04. The van der Waals surface area contributed by atoms with Crippen molar-refractivity contribution in [3.8, 4) is 17.3 Å². The standard InChI is InChI=1S/C27H30F4N4O5/c1-4-34-23(16-39-24-9-5-6-13-38-24)33-35(26(34)36)21-15-22(40-17(2)27(29,30)31)19(14-20(21)28)11-10-18-8-7-12-32-25(18)37-3/h7-8,10-12,14-15,17,24H,4-6,9,13,16H2,1-3H3/b11-10+/t17-,24?/m0/s1. The summed E-state index contributed by atoms with van der Waals surface area (Å²) in [5, 5.41) is 4.24. The summed E-state index contributed by atoms with van der Waals surface area (Å²) in [7, 11) is 1.42. The zero-order valence-corrected chi connectivity index (χ0v) is 22.3. The maximum absolute atomic E-state index is 15.5. The van der Waals surface area contributed by atoms with E-state index in [9.17, 15) is 18.0 Å². The number of aromatic nitrogens is 4. The minimum atomic E-state index is -4.69. The molecule has 40 heavy (non-hydrogen) atoms. The molecule has 1 fully saturated rings. The van der Waals surface area contributed by atoms with E-state index in [1.165, 1.54) is 30.0 Å². The van der Waals surface area contributed by atoms with Crippen LogP contribution in [0.15, 0.2) is 35.3 Å². The summed E-state index contributed by atoms with van der Waals surface area (Å²) in [6.45, 7) is 3.27. The summed E-state index contributed by atoms with van der Waals surface area (Å²) < 4.78 is 79.4. The molecule has 3 heterocycles. The number of alkyl halides is 3. The first-order chi connectivity index (χ1) is 19.1. The Morgan fingerprint density at radius 2 is 2.00 bits per heavy atom. The molecule has 0 saturated carbocycles. The lowest BCUT2D eigenvalue weighted by molar-refractivity contribution is -0.189. The van der Waals surface area contributed by atoms with Gasteiger partial charge in [-0.2, -0.15) is 17.9 Å². The molecule has 2 atom stereocenters. The van der Waals surface area contributed by atoms with E-state index in [-0.39, 0.29) is 41.9 Å². The van der Waals surface area contributed by atoms with Gasteiger partial charge >= 0.3 is 11.9 Å². The van der Waals surface area contributed by atoms with E-state index < -0.39 is 30.1 Å². The van der Waals surface area contributed by atoms with E-state index in [2.05, 4.69) is 10.1 Å². The molecule has 2 aromatic heterocycles. The van der Waals surface area contributed by atoms with Crippen molar-refractivity contribution in [2.75, 3.05) is 13.7 Å². The number of halogens is 4. The highest BCUT2D eigenvalue weighted by Gasteiger charge is 2.38. The van der Waals surface area contributed by atoms with Crippen molar-refractivity contribution in [2.45, 2.75) is 64.8 Å². The first kappa shape index (κ1) is 29.3. The fourth-order valence-electron chi connectivity index (χ4n) is 4.12. The van der Waals surface area contributed by atoms with Crippen molar-refractivity contribution in [1.82, 2.24) is 19.3 Å². The predicted molar refractivity (Wildman–Crippen MR) is 138 cm³/mol. The number of hydrogen-bond acceptors (Lipinski definition) is 7. The summed E-state index contributed by atoms with van der Waals surface area (Å²) >= 11 is 0. The lowest BCUT2D eigenvalue weighted by Gasteiger charge is -2.22. The minimum Gasteiger partial charge on any atom is -0.481 e. The second-order valence-electron chi connectivity index (χ2n) is 9.04. The van der Waals surface area contributed by atoms with E-state index in [0.717, 1.165) is 36.6 Å². The van der Waals surface area contributed by atoms with Crippen LogP contribution in [-0.2, 0) is 22.6 Å². The van der Waals surface area contributed by atoms with Gasteiger partial charge < -0.3 is 18.9 Å². The highest BCUT2D eigenvalue weighted by atomic mass is 19.4. The molecule has 0 spiro atoms. The smallest absolute Gasteiger partial charge is 0.425 e. The van der Waals surface area contributed by atoms with E-state index in [0.29, 0.717) is 18.6 Å². The van der Waals surface area contributed by atoms with Gasteiger partial charge in [0.1, 0.15) is 23.9 Å². The van der Waals surface area contributed by atoms with Gasteiger partial charge in [-0.1, -0.05) is 6.08 Å². The third kappa shape index (κ3) is 6.70. The van der Waals surface area contributed by atoms with Crippen LogP contribution < -0.4 is 15.2 Å². The molecule has 1 saturated heterocycles. The van der Waals surface area contributed by atoms with Gasteiger partial charge in [0, 0.05) is 36.5 Å². The molecule has 0 aliphatic carbocycles.